The lowest BCUT2D eigenvalue weighted by atomic mass is 10.0. The van der Waals surface area contributed by atoms with Gasteiger partial charge in [-0.3, -0.25) is 0 Å². The molecule has 22 heavy (non-hydrogen) atoms. The minimum Gasteiger partial charge on any atom is -0.494 e. The van der Waals surface area contributed by atoms with Gasteiger partial charge in [0.1, 0.15) is 29.0 Å². The molecule has 0 aliphatic carbocycles. The van der Waals surface area contributed by atoms with Crippen molar-refractivity contribution >= 4 is 0 Å². The number of unbranched alkanes of at least 4 members (excludes halogenated alkanes) is 2. The average Bonchev–Trinajstić information content (AvgIpc) is 2.52. The Kier molecular flexibility index (Phi) is 5.48. The Hall–Kier alpha value is -2.41. The van der Waals surface area contributed by atoms with Crippen LogP contribution >= 0.6 is 0 Å². The Labute approximate surface area is 129 Å². The van der Waals surface area contributed by atoms with Crippen LogP contribution in [-0.4, -0.2) is 6.61 Å². The molecule has 2 aromatic rings. The van der Waals surface area contributed by atoms with E-state index < -0.39 is 17.2 Å². The van der Waals surface area contributed by atoms with Gasteiger partial charge in [-0.15, -0.1) is 0 Å². The fourth-order valence-electron chi connectivity index (χ4n) is 2.13. The van der Waals surface area contributed by atoms with Crippen LogP contribution in [0.25, 0.3) is 11.1 Å². The third-order valence-electron chi connectivity index (χ3n) is 3.36. The van der Waals surface area contributed by atoms with Gasteiger partial charge in [0.15, 0.2) is 0 Å². The molecule has 0 saturated carbocycles. The van der Waals surface area contributed by atoms with Gasteiger partial charge in [0.25, 0.3) is 0 Å². The smallest absolute Gasteiger partial charge is 0.144 e. The molecule has 0 atom stereocenters. The molecule has 0 heterocycles. The minimum atomic E-state index is -0.850. The molecule has 2 aromatic carbocycles. The molecule has 0 spiro atoms. The Morgan fingerprint density at radius 2 is 1.64 bits per heavy atom. The summed E-state index contributed by atoms with van der Waals surface area (Å²) < 4.78 is 32.8. The van der Waals surface area contributed by atoms with E-state index in [0.717, 1.165) is 25.0 Å². The lowest BCUT2D eigenvalue weighted by Gasteiger charge is -2.08. The van der Waals surface area contributed by atoms with Crippen LogP contribution in [0.3, 0.4) is 0 Å². The van der Waals surface area contributed by atoms with Crippen molar-refractivity contribution < 1.29 is 13.5 Å². The second kappa shape index (κ2) is 7.56. The summed E-state index contributed by atoms with van der Waals surface area (Å²) >= 11 is 0. The molecular weight excluding hydrogens is 284 g/mol. The van der Waals surface area contributed by atoms with E-state index in [9.17, 15) is 8.78 Å². The molecule has 2 nitrogen and oxygen atoms in total. The summed E-state index contributed by atoms with van der Waals surface area (Å²) in [6.07, 6.45) is 3.27. The first-order valence-electron chi connectivity index (χ1n) is 7.28. The van der Waals surface area contributed by atoms with E-state index >= 15 is 0 Å². The van der Waals surface area contributed by atoms with Crippen LogP contribution in [0.15, 0.2) is 36.4 Å². The van der Waals surface area contributed by atoms with Crippen LogP contribution in [-0.2, 0) is 0 Å². The summed E-state index contributed by atoms with van der Waals surface area (Å²) in [7, 11) is 0. The first-order chi connectivity index (χ1) is 10.7. The van der Waals surface area contributed by atoms with E-state index in [0.29, 0.717) is 17.7 Å². The fraction of sp³-hybridized carbons (Fsp3) is 0.278. The van der Waals surface area contributed by atoms with Gasteiger partial charge in [-0.25, -0.2) is 8.78 Å². The molecule has 0 bridgehead atoms. The number of hydrogen-bond acceptors (Lipinski definition) is 2. The molecule has 0 aromatic heterocycles. The predicted octanol–water partition coefficient (Wildman–Crippen LogP) is 5.07. The van der Waals surface area contributed by atoms with Crippen molar-refractivity contribution in [2.45, 2.75) is 26.2 Å². The van der Waals surface area contributed by atoms with Crippen LogP contribution in [0, 0.1) is 23.0 Å². The third-order valence-corrected chi connectivity index (χ3v) is 3.36. The van der Waals surface area contributed by atoms with E-state index in [4.69, 9.17) is 10.00 Å². The van der Waals surface area contributed by atoms with E-state index in [-0.39, 0.29) is 0 Å². The highest BCUT2D eigenvalue weighted by Gasteiger charge is 2.11. The zero-order chi connectivity index (χ0) is 15.9. The van der Waals surface area contributed by atoms with Gasteiger partial charge in [-0.05, 0) is 41.8 Å². The van der Waals surface area contributed by atoms with Gasteiger partial charge >= 0.3 is 0 Å². The molecule has 0 aliphatic heterocycles. The quantitative estimate of drug-likeness (QED) is 0.698. The maximum atomic E-state index is 13.6. The van der Waals surface area contributed by atoms with Crippen molar-refractivity contribution in [3.05, 3.63) is 53.6 Å². The second-order valence-corrected chi connectivity index (χ2v) is 5.01. The summed E-state index contributed by atoms with van der Waals surface area (Å²) in [6, 6.07) is 10.9. The maximum absolute atomic E-state index is 13.6. The summed E-state index contributed by atoms with van der Waals surface area (Å²) in [5.74, 6) is -0.968. The molecule has 2 rings (SSSR count). The Morgan fingerprint density at radius 3 is 2.18 bits per heavy atom. The highest BCUT2D eigenvalue weighted by atomic mass is 19.1. The van der Waals surface area contributed by atoms with Crippen LogP contribution in [0.4, 0.5) is 8.78 Å². The molecule has 0 saturated heterocycles. The second-order valence-electron chi connectivity index (χ2n) is 5.01. The number of hydrogen-bond donors (Lipinski definition) is 0. The Bertz CT molecular complexity index is 651. The Balaban J connectivity index is 2.12. The van der Waals surface area contributed by atoms with Crippen LogP contribution < -0.4 is 4.74 Å². The number of ether oxygens (including phenoxy) is 1. The number of rotatable bonds is 6. The van der Waals surface area contributed by atoms with Gasteiger partial charge in [0.05, 0.1) is 6.61 Å². The summed E-state index contributed by atoms with van der Waals surface area (Å²) in [5.41, 5.74) is 0.509. The molecule has 0 amide bonds. The van der Waals surface area contributed by atoms with Gasteiger partial charge in [0.2, 0.25) is 0 Å². The van der Waals surface area contributed by atoms with Crippen LogP contribution in [0.5, 0.6) is 5.75 Å². The lowest BCUT2D eigenvalue weighted by molar-refractivity contribution is 0.306. The molecular formula is C18H17F2NO. The first kappa shape index (κ1) is 16.0. The summed E-state index contributed by atoms with van der Waals surface area (Å²) in [6.45, 7) is 2.79. The minimum absolute atomic E-state index is 0.395. The average molecular weight is 301 g/mol. The first-order valence-corrected chi connectivity index (χ1v) is 7.28. The predicted molar refractivity (Wildman–Crippen MR) is 81.5 cm³/mol. The highest BCUT2D eigenvalue weighted by molar-refractivity contribution is 5.65. The van der Waals surface area contributed by atoms with Gasteiger partial charge in [-0.2, -0.15) is 5.26 Å². The van der Waals surface area contributed by atoms with Crippen molar-refractivity contribution in [1.82, 2.24) is 0 Å². The number of benzene rings is 2. The van der Waals surface area contributed by atoms with E-state index in [1.807, 2.05) is 0 Å². The molecule has 0 aliphatic rings. The van der Waals surface area contributed by atoms with Crippen molar-refractivity contribution in [3.8, 4) is 22.9 Å². The highest BCUT2D eigenvalue weighted by Crippen LogP contribution is 2.26. The van der Waals surface area contributed by atoms with Crippen molar-refractivity contribution in [1.29, 1.82) is 5.26 Å². The molecule has 114 valence electrons. The van der Waals surface area contributed by atoms with Gasteiger partial charge in [0, 0.05) is 0 Å². The van der Waals surface area contributed by atoms with Gasteiger partial charge < -0.3 is 4.74 Å². The van der Waals surface area contributed by atoms with Crippen molar-refractivity contribution in [3.63, 3.8) is 0 Å². The number of nitrogens with zero attached hydrogens (tertiary/aromatic N) is 1. The van der Waals surface area contributed by atoms with E-state index in [2.05, 4.69) is 6.92 Å². The lowest BCUT2D eigenvalue weighted by Crippen LogP contribution is -1.97. The normalized spacial score (nSPS) is 10.3. The molecule has 0 N–H and O–H groups in total. The van der Waals surface area contributed by atoms with E-state index in [1.54, 1.807) is 24.3 Å². The summed E-state index contributed by atoms with van der Waals surface area (Å²) in [5, 5.41) is 8.67. The summed E-state index contributed by atoms with van der Waals surface area (Å²) in [4.78, 5) is 0. The Morgan fingerprint density at radius 1 is 1.00 bits per heavy atom. The number of nitriles is 1. The molecule has 0 unspecified atom stereocenters. The maximum Gasteiger partial charge on any atom is 0.144 e. The number of halogens is 2. The monoisotopic (exact) mass is 301 g/mol. The zero-order valence-electron chi connectivity index (χ0n) is 12.4. The van der Waals surface area contributed by atoms with Crippen molar-refractivity contribution in [2.75, 3.05) is 6.61 Å². The largest absolute Gasteiger partial charge is 0.494 e. The molecule has 4 heteroatoms. The third kappa shape index (κ3) is 3.82. The van der Waals surface area contributed by atoms with Crippen LogP contribution in [0.1, 0.15) is 31.7 Å². The standard InChI is InChI=1S/C18H17F2NO/c1-2-3-4-9-22-15-7-5-13(6-8-15)14-10-17(19)16(12-21)18(20)11-14/h5-8,10-11H,2-4,9H2,1H3. The SMILES string of the molecule is CCCCCOc1ccc(-c2cc(F)c(C#N)c(F)c2)cc1. The topological polar surface area (TPSA) is 33.0 Å². The fourth-order valence-corrected chi connectivity index (χ4v) is 2.13. The van der Waals surface area contributed by atoms with Gasteiger partial charge in [-0.1, -0.05) is 31.9 Å². The zero-order valence-corrected chi connectivity index (χ0v) is 12.4. The van der Waals surface area contributed by atoms with E-state index in [1.165, 1.54) is 18.2 Å². The molecule has 0 fully saturated rings. The molecule has 0 radical (unpaired) electrons. The van der Waals surface area contributed by atoms with Crippen molar-refractivity contribution in [2.24, 2.45) is 0 Å². The van der Waals surface area contributed by atoms with Crippen LogP contribution in [0.2, 0.25) is 0 Å².